The van der Waals surface area contributed by atoms with E-state index in [2.05, 4.69) is 5.32 Å². The number of ether oxygens (including phenoxy) is 1. The molecule has 0 radical (unpaired) electrons. The number of furan rings is 1. The van der Waals surface area contributed by atoms with Gasteiger partial charge in [0.1, 0.15) is 0 Å². The van der Waals surface area contributed by atoms with Gasteiger partial charge in [-0.15, -0.1) is 11.8 Å². The van der Waals surface area contributed by atoms with Crippen LogP contribution in [0.4, 0.5) is 5.69 Å². The highest BCUT2D eigenvalue weighted by Crippen LogP contribution is 2.26. The van der Waals surface area contributed by atoms with Crippen LogP contribution in [0.1, 0.15) is 10.6 Å². The van der Waals surface area contributed by atoms with Crippen LogP contribution in [0.2, 0.25) is 0 Å². The van der Waals surface area contributed by atoms with Gasteiger partial charge in [0.15, 0.2) is 5.76 Å². The molecule has 0 saturated carbocycles. The molecule has 2 heterocycles. The van der Waals surface area contributed by atoms with Gasteiger partial charge in [0, 0.05) is 18.0 Å². The van der Waals surface area contributed by atoms with E-state index >= 15 is 0 Å². The fourth-order valence-electron chi connectivity index (χ4n) is 2.43. The minimum absolute atomic E-state index is 0.0530. The molecule has 9 heteroatoms. The number of hydrogen-bond donors (Lipinski definition) is 1. The molecular formula is C16H18N2O5S2. The summed E-state index contributed by atoms with van der Waals surface area (Å²) in [6.45, 7) is 1.23. The zero-order chi connectivity index (χ0) is 17.9. The van der Waals surface area contributed by atoms with Crippen molar-refractivity contribution in [2.45, 2.75) is 9.99 Å². The van der Waals surface area contributed by atoms with Gasteiger partial charge in [-0.25, -0.2) is 8.42 Å². The smallest absolute Gasteiger partial charge is 0.291 e. The number of sulfonamides is 1. The fraction of sp³-hybridized carbons (Fsp3) is 0.312. The molecule has 1 N–H and O–H groups in total. The van der Waals surface area contributed by atoms with Crippen molar-refractivity contribution in [1.29, 1.82) is 0 Å². The van der Waals surface area contributed by atoms with E-state index in [0.717, 1.165) is 4.90 Å². The summed E-state index contributed by atoms with van der Waals surface area (Å²) in [6.07, 6.45) is 1.91. The molecule has 1 aliphatic heterocycles. The molecule has 1 aromatic carbocycles. The number of nitrogens with zero attached hydrogens (tertiary/aromatic N) is 1. The maximum atomic E-state index is 12.5. The molecule has 2 aromatic rings. The number of nitrogens with one attached hydrogen (secondary N) is 1. The summed E-state index contributed by atoms with van der Waals surface area (Å²) in [5.41, 5.74) is 0.647. The normalized spacial score (nSPS) is 15.9. The van der Waals surface area contributed by atoms with Gasteiger partial charge in [0.05, 0.1) is 18.9 Å². The summed E-state index contributed by atoms with van der Waals surface area (Å²) >= 11 is 1.50. The number of carbonyl (C=O) groups excluding carboxylic acids is 1. The third-order valence-corrected chi connectivity index (χ3v) is 6.29. The van der Waals surface area contributed by atoms with Crippen molar-refractivity contribution in [3.05, 3.63) is 42.2 Å². The summed E-state index contributed by atoms with van der Waals surface area (Å²) in [5, 5.41) is 2.50. The highest BCUT2D eigenvalue weighted by atomic mass is 32.2. The number of rotatable bonds is 5. The first-order chi connectivity index (χ1) is 12.0. The first-order valence-corrected chi connectivity index (χ1v) is 10.3. The van der Waals surface area contributed by atoms with Gasteiger partial charge < -0.3 is 14.5 Å². The second-order valence-corrected chi connectivity index (χ2v) is 8.01. The number of benzene rings is 1. The molecule has 1 amide bonds. The van der Waals surface area contributed by atoms with Crippen molar-refractivity contribution in [3.63, 3.8) is 0 Å². The third kappa shape index (κ3) is 3.90. The molecule has 134 valence electrons. The van der Waals surface area contributed by atoms with E-state index in [1.807, 2.05) is 24.5 Å². The number of para-hydroxylation sites is 1. The van der Waals surface area contributed by atoms with Crippen LogP contribution < -0.4 is 5.32 Å². The van der Waals surface area contributed by atoms with Crippen LogP contribution in [0.15, 0.2) is 50.8 Å². The summed E-state index contributed by atoms with van der Waals surface area (Å²) in [6, 6.07) is 10.0. The highest BCUT2D eigenvalue weighted by molar-refractivity contribution is 7.98. The lowest BCUT2D eigenvalue weighted by atomic mass is 10.3. The minimum Gasteiger partial charge on any atom is -0.438 e. The molecule has 25 heavy (non-hydrogen) atoms. The van der Waals surface area contributed by atoms with Crippen LogP contribution in [0.3, 0.4) is 0 Å². The number of hydrogen-bond acceptors (Lipinski definition) is 6. The first kappa shape index (κ1) is 18.0. The molecule has 0 unspecified atom stereocenters. The Morgan fingerprint density at radius 3 is 2.60 bits per heavy atom. The van der Waals surface area contributed by atoms with Crippen LogP contribution in [0.25, 0.3) is 0 Å². The Labute approximate surface area is 150 Å². The standard InChI is InChI=1S/C16H18N2O5S2/c1-24-14-5-3-2-4-12(14)17-16(19)13-6-7-15(23-13)25(20,21)18-8-10-22-11-9-18/h2-7H,8-11H2,1H3,(H,17,19). The molecule has 1 fully saturated rings. The fourth-order valence-corrected chi connectivity index (χ4v) is 4.30. The molecule has 7 nitrogen and oxygen atoms in total. The van der Waals surface area contributed by atoms with Gasteiger partial charge in [0.25, 0.3) is 15.9 Å². The summed E-state index contributed by atoms with van der Waals surface area (Å²) in [5.74, 6) is -0.548. The van der Waals surface area contributed by atoms with Crippen molar-refractivity contribution in [1.82, 2.24) is 4.31 Å². The number of anilines is 1. The zero-order valence-corrected chi connectivity index (χ0v) is 15.2. The van der Waals surface area contributed by atoms with Gasteiger partial charge in [-0.2, -0.15) is 4.31 Å². The highest BCUT2D eigenvalue weighted by Gasteiger charge is 2.30. The van der Waals surface area contributed by atoms with Gasteiger partial charge in [0.2, 0.25) is 5.09 Å². The number of carbonyl (C=O) groups is 1. The monoisotopic (exact) mass is 382 g/mol. The predicted octanol–water partition coefficient (Wildman–Crippen LogP) is 2.27. The van der Waals surface area contributed by atoms with Gasteiger partial charge in [-0.3, -0.25) is 4.79 Å². The molecular weight excluding hydrogens is 364 g/mol. The molecule has 1 saturated heterocycles. The lowest BCUT2D eigenvalue weighted by Crippen LogP contribution is -2.40. The topological polar surface area (TPSA) is 88.9 Å². The quantitative estimate of drug-likeness (QED) is 0.798. The number of thioether (sulfide) groups is 1. The van der Waals surface area contributed by atoms with Crippen LogP contribution in [-0.2, 0) is 14.8 Å². The maximum absolute atomic E-state index is 12.5. The second kappa shape index (κ2) is 7.61. The van der Waals surface area contributed by atoms with Crippen molar-refractivity contribution >= 4 is 33.4 Å². The summed E-state index contributed by atoms with van der Waals surface area (Å²) in [7, 11) is -3.76. The second-order valence-electron chi connectivity index (χ2n) is 5.29. The van der Waals surface area contributed by atoms with E-state index in [1.54, 1.807) is 6.07 Å². The molecule has 0 spiro atoms. The van der Waals surface area contributed by atoms with Crippen molar-refractivity contribution in [2.24, 2.45) is 0 Å². The summed E-state index contributed by atoms with van der Waals surface area (Å²) in [4.78, 5) is 13.3. The summed E-state index contributed by atoms with van der Waals surface area (Å²) < 4.78 is 36.8. The molecule has 1 aromatic heterocycles. The van der Waals surface area contributed by atoms with Gasteiger partial charge >= 0.3 is 0 Å². The maximum Gasteiger partial charge on any atom is 0.291 e. The third-order valence-electron chi connectivity index (χ3n) is 3.72. The molecule has 0 aliphatic carbocycles. The number of amides is 1. The Hall–Kier alpha value is -1.81. The van der Waals surface area contributed by atoms with E-state index < -0.39 is 15.9 Å². The average Bonchev–Trinajstić information content (AvgIpc) is 3.14. The van der Waals surface area contributed by atoms with Crippen LogP contribution in [0, 0.1) is 0 Å². The van der Waals surface area contributed by atoms with Crippen LogP contribution >= 0.6 is 11.8 Å². The van der Waals surface area contributed by atoms with Gasteiger partial charge in [-0.05, 0) is 30.5 Å². The van der Waals surface area contributed by atoms with E-state index in [-0.39, 0.29) is 23.9 Å². The van der Waals surface area contributed by atoms with Gasteiger partial charge in [-0.1, -0.05) is 12.1 Å². The van der Waals surface area contributed by atoms with Crippen molar-refractivity contribution < 1.29 is 22.4 Å². The minimum atomic E-state index is -3.76. The van der Waals surface area contributed by atoms with E-state index in [0.29, 0.717) is 18.9 Å². The zero-order valence-electron chi connectivity index (χ0n) is 13.6. The lowest BCUT2D eigenvalue weighted by Gasteiger charge is -2.24. The molecule has 0 bridgehead atoms. The Morgan fingerprint density at radius 1 is 1.16 bits per heavy atom. The molecule has 0 atom stereocenters. The largest absolute Gasteiger partial charge is 0.438 e. The predicted molar refractivity (Wildman–Crippen MR) is 94.5 cm³/mol. The Kier molecular flexibility index (Phi) is 5.48. The van der Waals surface area contributed by atoms with Crippen molar-refractivity contribution in [3.8, 4) is 0 Å². The first-order valence-electron chi connectivity index (χ1n) is 7.64. The SMILES string of the molecule is CSc1ccccc1NC(=O)c1ccc(S(=O)(=O)N2CCOCC2)o1. The molecule has 1 aliphatic rings. The Bertz CT molecular complexity index is 857. The van der Waals surface area contributed by atoms with Crippen LogP contribution in [0.5, 0.6) is 0 Å². The van der Waals surface area contributed by atoms with Crippen molar-refractivity contribution in [2.75, 3.05) is 37.9 Å². The number of morpholine rings is 1. The molecule has 3 rings (SSSR count). The Balaban J connectivity index is 1.77. The van der Waals surface area contributed by atoms with E-state index in [4.69, 9.17) is 9.15 Å². The van der Waals surface area contributed by atoms with Crippen LogP contribution in [-0.4, -0.2) is 51.2 Å². The van der Waals surface area contributed by atoms with E-state index in [9.17, 15) is 13.2 Å². The Morgan fingerprint density at radius 2 is 1.88 bits per heavy atom. The van der Waals surface area contributed by atoms with E-state index in [1.165, 1.54) is 28.2 Å². The average molecular weight is 382 g/mol. The lowest BCUT2D eigenvalue weighted by molar-refractivity contribution is 0.0723.